The van der Waals surface area contributed by atoms with Crippen LogP contribution in [-0.4, -0.2) is 26.5 Å². The SMILES string of the molecule is O=C(c1cncn1C(c1ccccc1)(c1ccccc1)c1ccccc1)[C@@H]1C[C@@H]1O. The Morgan fingerprint density at radius 1 is 0.833 bits per heavy atom. The highest BCUT2D eigenvalue weighted by molar-refractivity contribution is 5.98. The summed E-state index contributed by atoms with van der Waals surface area (Å²) in [5.74, 6) is -0.410. The van der Waals surface area contributed by atoms with E-state index in [0.717, 1.165) is 16.7 Å². The summed E-state index contributed by atoms with van der Waals surface area (Å²) in [6, 6.07) is 30.6. The van der Waals surface area contributed by atoms with Crippen LogP contribution in [-0.2, 0) is 5.54 Å². The van der Waals surface area contributed by atoms with Gasteiger partial charge in [-0.15, -0.1) is 0 Å². The molecule has 4 aromatic rings. The van der Waals surface area contributed by atoms with E-state index < -0.39 is 11.6 Å². The van der Waals surface area contributed by atoms with Gasteiger partial charge in [0, 0.05) is 0 Å². The van der Waals surface area contributed by atoms with Gasteiger partial charge >= 0.3 is 0 Å². The lowest BCUT2D eigenvalue weighted by molar-refractivity contribution is 0.0931. The van der Waals surface area contributed by atoms with E-state index in [-0.39, 0.29) is 11.7 Å². The van der Waals surface area contributed by atoms with Crippen LogP contribution >= 0.6 is 0 Å². The molecule has 0 amide bonds. The zero-order valence-electron chi connectivity index (χ0n) is 16.4. The Labute approximate surface area is 175 Å². The average Bonchev–Trinajstić information content (AvgIpc) is 3.34. The molecule has 0 radical (unpaired) electrons. The van der Waals surface area contributed by atoms with E-state index in [9.17, 15) is 9.90 Å². The normalized spacial score (nSPS) is 18.2. The summed E-state index contributed by atoms with van der Waals surface area (Å²) in [7, 11) is 0. The van der Waals surface area contributed by atoms with E-state index in [1.165, 1.54) is 0 Å². The van der Waals surface area contributed by atoms with Gasteiger partial charge in [0.15, 0.2) is 5.78 Å². The second kappa shape index (κ2) is 7.39. The van der Waals surface area contributed by atoms with E-state index in [1.807, 2.05) is 59.2 Å². The van der Waals surface area contributed by atoms with Gasteiger partial charge in [0.2, 0.25) is 0 Å². The van der Waals surface area contributed by atoms with Gasteiger partial charge in [-0.05, 0) is 23.1 Å². The second-order valence-electron chi connectivity index (χ2n) is 7.73. The summed E-state index contributed by atoms with van der Waals surface area (Å²) in [5, 5.41) is 9.89. The molecule has 0 unspecified atom stereocenters. The van der Waals surface area contributed by atoms with Crippen molar-refractivity contribution in [2.24, 2.45) is 5.92 Å². The van der Waals surface area contributed by atoms with Crippen LogP contribution in [0.15, 0.2) is 104 Å². The average molecular weight is 394 g/mol. The molecule has 1 heterocycles. The van der Waals surface area contributed by atoms with Crippen LogP contribution < -0.4 is 0 Å². The van der Waals surface area contributed by atoms with E-state index in [0.29, 0.717) is 12.1 Å². The third-order valence-electron chi connectivity index (χ3n) is 5.92. The third kappa shape index (κ3) is 2.88. The van der Waals surface area contributed by atoms with Crippen molar-refractivity contribution in [2.45, 2.75) is 18.1 Å². The first-order valence-electron chi connectivity index (χ1n) is 10.1. The molecule has 1 aromatic heterocycles. The first-order chi connectivity index (χ1) is 14.7. The molecule has 0 spiro atoms. The summed E-state index contributed by atoms with van der Waals surface area (Å²) in [4.78, 5) is 17.6. The second-order valence-corrected chi connectivity index (χ2v) is 7.73. The highest BCUT2D eigenvalue weighted by Crippen LogP contribution is 2.43. The molecular weight excluding hydrogens is 372 g/mol. The molecule has 1 aliphatic rings. The van der Waals surface area contributed by atoms with Gasteiger partial charge in [-0.2, -0.15) is 0 Å². The number of imidazole rings is 1. The van der Waals surface area contributed by atoms with Crippen LogP contribution in [0.4, 0.5) is 0 Å². The highest BCUT2D eigenvalue weighted by atomic mass is 16.3. The largest absolute Gasteiger partial charge is 0.392 e. The standard InChI is InChI=1S/C26H22N2O2/c29-24-16-22(24)25(30)23-17-27-18-28(23)26(19-10-4-1-5-11-19,20-12-6-2-7-13-20)21-14-8-3-9-15-21/h1-15,17-18,22,24,29H,16H2/t22-,24+/m1/s1. The number of aliphatic hydroxyl groups excluding tert-OH is 1. The van der Waals surface area contributed by atoms with Crippen LogP contribution in [0.3, 0.4) is 0 Å². The van der Waals surface area contributed by atoms with Crippen LogP contribution in [0.1, 0.15) is 33.6 Å². The van der Waals surface area contributed by atoms with Crippen molar-refractivity contribution >= 4 is 5.78 Å². The maximum absolute atomic E-state index is 13.2. The minimum atomic E-state index is -0.773. The Kier molecular flexibility index (Phi) is 4.57. The quantitative estimate of drug-likeness (QED) is 0.392. The molecule has 1 aliphatic carbocycles. The van der Waals surface area contributed by atoms with Crippen molar-refractivity contribution in [3.8, 4) is 0 Å². The molecule has 1 N–H and O–H groups in total. The molecule has 4 nitrogen and oxygen atoms in total. The summed E-state index contributed by atoms with van der Waals surface area (Å²) in [6.45, 7) is 0. The van der Waals surface area contributed by atoms with E-state index in [2.05, 4.69) is 41.4 Å². The Hall–Kier alpha value is -3.50. The first-order valence-corrected chi connectivity index (χ1v) is 10.1. The summed E-state index contributed by atoms with van der Waals surface area (Å²) >= 11 is 0. The van der Waals surface area contributed by atoms with Gasteiger partial charge in [-0.25, -0.2) is 4.98 Å². The fourth-order valence-electron chi connectivity index (χ4n) is 4.35. The number of carbonyl (C=O) groups excluding carboxylic acids is 1. The Morgan fingerprint density at radius 2 is 1.27 bits per heavy atom. The lowest BCUT2D eigenvalue weighted by Gasteiger charge is -2.38. The minimum absolute atomic E-state index is 0.0628. The molecule has 148 valence electrons. The number of nitrogens with zero attached hydrogens (tertiary/aromatic N) is 2. The molecule has 0 aliphatic heterocycles. The molecule has 2 atom stereocenters. The van der Waals surface area contributed by atoms with Gasteiger partial charge in [0.1, 0.15) is 11.2 Å². The fourth-order valence-corrected chi connectivity index (χ4v) is 4.35. The maximum Gasteiger partial charge on any atom is 0.186 e. The number of aliphatic hydroxyl groups is 1. The maximum atomic E-state index is 13.2. The van der Waals surface area contributed by atoms with Crippen LogP contribution in [0.2, 0.25) is 0 Å². The van der Waals surface area contributed by atoms with Crippen molar-refractivity contribution in [1.29, 1.82) is 0 Å². The summed E-state index contributed by atoms with van der Waals surface area (Å²) in [5.41, 5.74) is 2.83. The Morgan fingerprint density at radius 3 is 1.67 bits per heavy atom. The predicted molar refractivity (Wildman–Crippen MR) is 115 cm³/mol. The zero-order chi connectivity index (χ0) is 20.6. The molecule has 0 bridgehead atoms. The molecule has 1 saturated carbocycles. The highest BCUT2D eigenvalue weighted by Gasteiger charge is 2.46. The predicted octanol–water partition coefficient (Wildman–Crippen LogP) is 4.29. The third-order valence-corrected chi connectivity index (χ3v) is 5.92. The minimum Gasteiger partial charge on any atom is -0.392 e. The number of ketones is 1. The smallest absolute Gasteiger partial charge is 0.186 e. The molecule has 3 aromatic carbocycles. The van der Waals surface area contributed by atoms with Crippen molar-refractivity contribution in [1.82, 2.24) is 9.55 Å². The van der Waals surface area contributed by atoms with Crippen LogP contribution in [0, 0.1) is 5.92 Å². The monoisotopic (exact) mass is 394 g/mol. The van der Waals surface area contributed by atoms with E-state index in [1.54, 1.807) is 12.5 Å². The zero-order valence-corrected chi connectivity index (χ0v) is 16.4. The van der Waals surface area contributed by atoms with Gasteiger partial charge in [0.25, 0.3) is 0 Å². The number of Topliss-reactive ketones (excluding diaryl/α,β-unsaturated/α-hetero) is 1. The topological polar surface area (TPSA) is 55.1 Å². The number of rotatable bonds is 6. The first kappa shape index (κ1) is 18.5. The van der Waals surface area contributed by atoms with Gasteiger partial charge in [-0.3, -0.25) is 4.79 Å². The van der Waals surface area contributed by atoms with Crippen molar-refractivity contribution in [3.05, 3.63) is 126 Å². The number of aromatic nitrogens is 2. The Balaban J connectivity index is 1.85. The van der Waals surface area contributed by atoms with E-state index in [4.69, 9.17) is 0 Å². The van der Waals surface area contributed by atoms with E-state index >= 15 is 0 Å². The number of carbonyl (C=O) groups is 1. The fraction of sp³-hybridized carbons (Fsp3) is 0.154. The van der Waals surface area contributed by atoms with Gasteiger partial charge < -0.3 is 9.67 Å². The van der Waals surface area contributed by atoms with Gasteiger partial charge in [-0.1, -0.05) is 91.0 Å². The molecule has 30 heavy (non-hydrogen) atoms. The lowest BCUT2D eigenvalue weighted by Crippen LogP contribution is -2.39. The molecular formula is C26H22N2O2. The van der Waals surface area contributed by atoms with Gasteiger partial charge in [0.05, 0.1) is 24.5 Å². The number of hydrogen-bond donors (Lipinski definition) is 1. The van der Waals surface area contributed by atoms with Crippen LogP contribution in [0.25, 0.3) is 0 Å². The summed E-state index contributed by atoms with van der Waals surface area (Å²) in [6.07, 6.45) is 3.31. The van der Waals surface area contributed by atoms with Crippen LogP contribution in [0.5, 0.6) is 0 Å². The number of benzene rings is 3. The molecule has 0 saturated heterocycles. The number of hydrogen-bond acceptors (Lipinski definition) is 3. The molecule has 5 rings (SSSR count). The molecule has 4 heteroatoms. The molecule has 1 fully saturated rings. The lowest BCUT2D eigenvalue weighted by atomic mass is 9.76. The summed E-state index contributed by atoms with van der Waals surface area (Å²) < 4.78 is 1.97. The Bertz CT molecular complexity index is 1060. The van der Waals surface area contributed by atoms with Crippen molar-refractivity contribution < 1.29 is 9.90 Å². The van der Waals surface area contributed by atoms with Crippen molar-refractivity contribution in [3.63, 3.8) is 0 Å². The van der Waals surface area contributed by atoms with Crippen molar-refractivity contribution in [2.75, 3.05) is 0 Å².